The van der Waals surface area contributed by atoms with Crippen LogP contribution in [0, 0.1) is 11.8 Å². The summed E-state index contributed by atoms with van der Waals surface area (Å²) in [7, 11) is 1.55. The van der Waals surface area contributed by atoms with Crippen molar-refractivity contribution in [3.05, 3.63) is 167 Å². The van der Waals surface area contributed by atoms with Crippen LogP contribution in [0.25, 0.3) is 11.1 Å². The van der Waals surface area contributed by atoms with Gasteiger partial charge in [0, 0.05) is 29.7 Å². The van der Waals surface area contributed by atoms with E-state index < -0.39 is 48.1 Å². The Morgan fingerprint density at radius 3 is 1.60 bits per heavy atom. The van der Waals surface area contributed by atoms with Crippen molar-refractivity contribution in [3.63, 3.8) is 0 Å². The molecular formula is C48H51N3O6. The molecule has 9 nitrogen and oxygen atoms in total. The van der Waals surface area contributed by atoms with E-state index in [1.165, 1.54) is 4.90 Å². The van der Waals surface area contributed by atoms with E-state index in [1.807, 2.05) is 155 Å². The molecule has 0 radical (unpaired) electrons. The molecule has 1 aliphatic rings. The molecule has 0 saturated heterocycles. The molecule has 6 rings (SSSR count). The van der Waals surface area contributed by atoms with Crippen LogP contribution in [0.3, 0.4) is 0 Å². The third-order valence-electron chi connectivity index (χ3n) is 11.0. The smallest absolute Gasteiger partial charge is 0.407 e. The van der Waals surface area contributed by atoms with Gasteiger partial charge in [-0.2, -0.15) is 0 Å². The predicted molar refractivity (Wildman–Crippen MR) is 221 cm³/mol. The van der Waals surface area contributed by atoms with Gasteiger partial charge in [0.1, 0.15) is 25.2 Å². The van der Waals surface area contributed by atoms with Gasteiger partial charge in [0.25, 0.3) is 0 Å². The summed E-state index contributed by atoms with van der Waals surface area (Å²) < 4.78 is 12.2. The average molecular weight is 766 g/mol. The first-order valence-corrected chi connectivity index (χ1v) is 19.6. The number of hydrogen-bond donors (Lipinski definition) is 2. The van der Waals surface area contributed by atoms with Gasteiger partial charge < -0.3 is 25.0 Å². The number of esters is 1. The van der Waals surface area contributed by atoms with Gasteiger partial charge in [-0.25, -0.2) is 4.79 Å². The van der Waals surface area contributed by atoms with E-state index in [4.69, 9.17) is 9.47 Å². The Morgan fingerprint density at radius 2 is 1.14 bits per heavy atom. The number of carbonyl (C=O) groups is 4. The molecule has 0 bridgehead atoms. The standard InChI is InChI=1S/C48H51N3O6/c1-6-33(4)43(50-47(55)56-31-41-39-28-18-16-26-37(39)38-27-17-19-29-40(38)41)46(54)51(5)44(32(2)3)45(53)49-30-42(52)57-48(34-20-10-7-11-21-34,35-22-12-8-13-23-35)36-24-14-9-15-25-36/h7-29,32-33,41,43-44H,6,30-31H2,1-5H3,(H,49,53)(H,50,55)/t33-,43-,44-/m0/s1. The minimum Gasteiger partial charge on any atom is -0.449 e. The van der Waals surface area contributed by atoms with E-state index in [0.717, 1.165) is 38.9 Å². The van der Waals surface area contributed by atoms with Crippen molar-refractivity contribution in [1.29, 1.82) is 0 Å². The number of likely N-dealkylation sites (N-methyl/N-ethyl adjacent to an activating group) is 1. The maximum Gasteiger partial charge on any atom is 0.407 e. The summed E-state index contributed by atoms with van der Waals surface area (Å²) in [5, 5.41) is 5.57. The zero-order valence-electron chi connectivity index (χ0n) is 33.2. The van der Waals surface area contributed by atoms with Crippen LogP contribution in [0.15, 0.2) is 140 Å². The quantitative estimate of drug-likeness (QED) is 0.0824. The van der Waals surface area contributed by atoms with Gasteiger partial charge in [-0.3, -0.25) is 14.4 Å². The van der Waals surface area contributed by atoms with Crippen LogP contribution in [0.1, 0.15) is 67.9 Å². The third-order valence-corrected chi connectivity index (χ3v) is 11.0. The Labute approximate surface area is 335 Å². The Kier molecular flexibility index (Phi) is 12.9. The normalized spacial score (nSPS) is 13.7. The number of carbonyl (C=O) groups excluding carboxylic acids is 4. The third kappa shape index (κ3) is 8.63. The molecule has 5 aromatic rings. The summed E-state index contributed by atoms with van der Waals surface area (Å²) in [5.74, 6) is -2.36. The lowest BCUT2D eigenvalue weighted by Gasteiger charge is -2.36. The highest BCUT2D eigenvalue weighted by Crippen LogP contribution is 2.44. The average Bonchev–Trinajstić information content (AvgIpc) is 3.56. The second-order valence-electron chi connectivity index (χ2n) is 14.9. The molecule has 5 aromatic carbocycles. The fourth-order valence-corrected chi connectivity index (χ4v) is 7.90. The van der Waals surface area contributed by atoms with E-state index in [0.29, 0.717) is 6.42 Å². The minimum atomic E-state index is -1.30. The van der Waals surface area contributed by atoms with Crippen molar-refractivity contribution in [2.24, 2.45) is 11.8 Å². The fourth-order valence-electron chi connectivity index (χ4n) is 7.90. The molecule has 0 aliphatic heterocycles. The molecule has 3 amide bonds. The lowest BCUT2D eigenvalue weighted by molar-refractivity contribution is -0.154. The highest BCUT2D eigenvalue weighted by Gasteiger charge is 2.41. The number of ether oxygens (including phenoxy) is 2. The molecule has 0 saturated carbocycles. The van der Waals surface area contributed by atoms with Gasteiger partial charge in [-0.1, -0.05) is 174 Å². The number of fused-ring (bicyclic) bond motifs is 3. The van der Waals surface area contributed by atoms with Crippen LogP contribution in [-0.2, 0) is 29.5 Å². The van der Waals surface area contributed by atoms with E-state index >= 15 is 0 Å². The van der Waals surface area contributed by atoms with Crippen LogP contribution < -0.4 is 10.6 Å². The second-order valence-corrected chi connectivity index (χ2v) is 14.9. The SMILES string of the molecule is CC[C@H](C)[C@H](NC(=O)OCC1c2ccccc2-c2ccccc21)C(=O)N(C)[C@H](C(=O)NCC(=O)OC(c1ccccc1)(c1ccccc1)c1ccccc1)C(C)C. The number of hydrogen-bond acceptors (Lipinski definition) is 6. The number of nitrogens with zero attached hydrogens (tertiary/aromatic N) is 1. The number of nitrogens with one attached hydrogen (secondary N) is 2. The van der Waals surface area contributed by atoms with Crippen LogP contribution in [0.5, 0.6) is 0 Å². The molecule has 0 unspecified atom stereocenters. The lowest BCUT2D eigenvalue weighted by atomic mass is 9.80. The summed E-state index contributed by atoms with van der Waals surface area (Å²) in [6.45, 7) is 7.13. The highest BCUT2D eigenvalue weighted by atomic mass is 16.6. The zero-order chi connectivity index (χ0) is 40.5. The van der Waals surface area contributed by atoms with Gasteiger partial charge in [-0.05, 0) is 34.1 Å². The second kappa shape index (κ2) is 18.2. The van der Waals surface area contributed by atoms with E-state index in [9.17, 15) is 19.2 Å². The summed E-state index contributed by atoms with van der Waals surface area (Å²) in [5.41, 5.74) is 5.33. The van der Waals surface area contributed by atoms with Crippen molar-refractivity contribution in [2.75, 3.05) is 20.2 Å². The topological polar surface area (TPSA) is 114 Å². The van der Waals surface area contributed by atoms with E-state index in [-0.39, 0.29) is 24.4 Å². The summed E-state index contributed by atoms with van der Waals surface area (Å²) in [4.78, 5) is 56.7. The van der Waals surface area contributed by atoms with Crippen LogP contribution >= 0.6 is 0 Å². The maximum atomic E-state index is 14.2. The van der Waals surface area contributed by atoms with Gasteiger partial charge in [0.05, 0.1) is 0 Å². The molecule has 2 N–H and O–H groups in total. The summed E-state index contributed by atoms with van der Waals surface area (Å²) in [6.07, 6.45) is -0.125. The minimum absolute atomic E-state index is 0.102. The number of alkyl carbamates (subject to hydrolysis) is 1. The fraction of sp³-hybridized carbons (Fsp3) is 0.292. The van der Waals surface area contributed by atoms with Crippen molar-refractivity contribution in [3.8, 4) is 11.1 Å². The molecule has 0 fully saturated rings. The molecule has 0 aromatic heterocycles. The first-order chi connectivity index (χ1) is 27.6. The highest BCUT2D eigenvalue weighted by molar-refractivity contribution is 5.93. The van der Waals surface area contributed by atoms with Gasteiger partial charge in [0.2, 0.25) is 11.8 Å². The van der Waals surface area contributed by atoms with Gasteiger partial charge >= 0.3 is 12.1 Å². The van der Waals surface area contributed by atoms with Crippen LogP contribution in [0.2, 0.25) is 0 Å². The predicted octanol–water partition coefficient (Wildman–Crippen LogP) is 8.07. The number of amides is 3. The van der Waals surface area contributed by atoms with E-state index in [1.54, 1.807) is 7.05 Å². The molecular weight excluding hydrogens is 715 g/mol. The van der Waals surface area contributed by atoms with Crippen molar-refractivity contribution in [2.45, 2.75) is 57.7 Å². The molecule has 9 heteroatoms. The van der Waals surface area contributed by atoms with Crippen molar-refractivity contribution < 1.29 is 28.7 Å². The zero-order valence-corrected chi connectivity index (χ0v) is 33.2. The Balaban J connectivity index is 1.14. The molecule has 1 aliphatic carbocycles. The first-order valence-electron chi connectivity index (χ1n) is 19.6. The van der Waals surface area contributed by atoms with Gasteiger partial charge in [-0.15, -0.1) is 0 Å². The Bertz CT molecular complexity index is 2020. The number of benzene rings is 5. The van der Waals surface area contributed by atoms with Crippen molar-refractivity contribution >= 4 is 23.9 Å². The first kappa shape index (κ1) is 40.4. The summed E-state index contributed by atoms with van der Waals surface area (Å²) in [6, 6.07) is 42.7. The molecule has 57 heavy (non-hydrogen) atoms. The van der Waals surface area contributed by atoms with Gasteiger partial charge in [0.15, 0.2) is 5.60 Å². The maximum absolute atomic E-state index is 14.2. The molecule has 3 atom stereocenters. The Morgan fingerprint density at radius 1 is 0.684 bits per heavy atom. The van der Waals surface area contributed by atoms with Crippen LogP contribution in [-0.4, -0.2) is 61.1 Å². The van der Waals surface area contributed by atoms with E-state index in [2.05, 4.69) is 22.8 Å². The van der Waals surface area contributed by atoms with Crippen molar-refractivity contribution in [1.82, 2.24) is 15.5 Å². The van der Waals surface area contributed by atoms with Crippen LogP contribution in [0.4, 0.5) is 4.79 Å². The summed E-state index contributed by atoms with van der Waals surface area (Å²) >= 11 is 0. The molecule has 0 heterocycles. The molecule has 0 spiro atoms. The monoisotopic (exact) mass is 765 g/mol. The Hall–Kier alpha value is -6.22. The lowest BCUT2D eigenvalue weighted by Crippen LogP contribution is -2.58. The number of rotatable bonds is 15. The largest absolute Gasteiger partial charge is 0.449 e. The molecule has 294 valence electrons.